The summed E-state index contributed by atoms with van der Waals surface area (Å²) < 4.78 is 0. The maximum Gasteiger partial charge on any atom is 0.0594 e. The van der Waals surface area contributed by atoms with Gasteiger partial charge in [0.2, 0.25) is 0 Å². The van der Waals surface area contributed by atoms with Crippen LogP contribution in [0.1, 0.15) is 113 Å². The van der Waals surface area contributed by atoms with E-state index >= 15 is 0 Å². The topological polar surface area (TPSA) is 40.5 Å². The molecule has 5 rings (SSSR count). The first kappa shape index (κ1) is 24.4. The normalized spacial score (nSPS) is 53.0. The smallest absolute Gasteiger partial charge is 0.0594 e. The predicted octanol–water partition coefficient (Wildman–Crippen LogP) is 7.39. The molecule has 0 bridgehead atoms. The third kappa shape index (κ3) is 2.92. The summed E-state index contributed by atoms with van der Waals surface area (Å²) >= 11 is 0. The molecule has 0 radical (unpaired) electrons. The molecule has 5 fully saturated rings. The Morgan fingerprint density at radius 2 is 1.52 bits per heavy atom. The van der Waals surface area contributed by atoms with Gasteiger partial charge in [0, 0.05) is 0 Å². The van der Waals surface area contributed by atoms with E-state index < -0.39 is 0 Å². The predicted molar refractivity (Wildman–Crippen MR) is 137 cm³/mol. The summed E-state index contributed by atoms with van der Waals surface area (Å²) in [4.78, 5) is 0. The van der Waals surface area contributed by atoms with E-state index in [4.69, 9.17) is 0 Å². The van der Waals surface area contributed by atoms with Crippen molar-refractivity contribution in [2.45, 2.75) is 125 Å². The zero-order valence-electron chi connectivity index (χ0n) is 22.7. The first-order chi connectivity index (χ1) is 15.3. The number of aliphatic hydroxyl groups is 2. The average molecular weight is 457 g/mol. The first-order valence-corrected chi connectivity index (χ1v) is 14.3. The molecule has 5 saturated carbocycles. The standard InChI is InChI=1S/C31H52O2/c1-19(2)20(3)9-10-21(4)26-22(32)17-29(8)24-12-11-23-27(5,6)25(33)13-14-30(23)18-31(24,30)16-15-28(26,29)7/h19,21-26,32-33H,3,9-18H2,1-2,4-8H3. The highest BCUT2D eigenvalue weighted by Crippen LogP contribution is 2.89. The van der Waals surface area contributed by atoms with E-state index in [1.54, 1.807) is 0 Å². The Morgan fingerprint density at radius 3 is 2.18 bits per heavy atom. The van der Waals surface area contributed by atoms with Gasteiger partial charge in [-0.15, -0.1) is 0 Å². The molecule has 2 spiro atoms. The third-order valence-corrected chi connectivity index (χ3v) is 13.5. The van der Waals surface area contributed by atoms with Crippen molar-refractivity contribution in [1.82, 2.24) is 0 Å². The van der Waals surface area contributed by atoms with Crippen LogP contribution in [0, 0.1) is 56.7 Å². The third-order valence-electron chi connectivity index (χ3n) is 13.5. The van der Waals surface area contributed by atoms with Gasteiger partial charge >= 0.3 is 0 Å². The largest absolute Gasteiger partial charge is 0.393 e. The van der Waals surface area contributed by atoms with Gasteiger partial charge in [0.05, 0.1) is 12.2 Å². The van der Waals surface area contributed by atoms with E-state index in [1.165, 1.54) is 44.1 Å². The average Bonchev–Trinajstić information content (AvgIpc) is 3.34. The summed E-state index contributed by atoms with van der Waals surface area (Å²) in [5, 5.41) is 22.4. The Balaban J connectivity index is 1.42. The van der Waals surface area contributed by atoms with E-state index in [2.05, 4.69) is 55.0 Å². The number of rotatable bonds is 5. The lowest BCUT2D eigenvalue weighted by Gasteiger charge is -2.63. The fourth-order valence-corrected chi connectivity index (χ4v) is 11.3. The zero-order valence-corrected chi connectivity index (χ0v) is 22.7. The van der Waals surface area contributed by atoms with Gasteiger partial charge in [-0.1, -0.05) is 60.6 Å². The maximum atomic E-state index is 11.6. The van der Waals surface area contributed by atoms with Crippen LogP contribution in [0.4, 0.5) is 0 Å². The quantitative estimate of drug-likeness (QED) is 0.423. The van der Waals surface area contributed by atoms with Crippen LogP contribution in [0.3, 0.4) is 0 Å². The van der Waals surface area contributed by atoms with Gasteiger partial charge < -0.3 is 10.2 Å². The molecule has 0 aromatic heterocycles. The van der Waals surface area contributed by atoms with E-state index in [0.29, 0.717) is 34.5 Å². The van der Waals surface area contributed by atoms with Crippen LogP contribution in [0.5, 0.6) is 0 Å². The molecule has 0 aromatic rings. The zero-order chi connectivity index (χ0) is 24.2. The van der Waals surface area contributed by atoms with Crippen LogP contribution in [-0.2, 0) is 0 Å². The molecule has 0 amide bonds. The highest BCUT2D eigenvalue weighted by atomic mass is 16.3. The Morgan fingerprint density at radius 1 is 0.879 bits per heavy atom. The second kappa shape index (κ2) is 7.34. The maximum absolute atomic E-state index is 11.6. The number of hydrogen-bond acceptors (Lipinski definition) is 2. The summed E-state index contributed by atoms with van der Waals surface area (Å²) in [5.41, 5.74) is 2.87. The SMILES string of the molecule is C=C(CCC(C)C1C(O)CC2(C)C3CCC4C(C)(C)C(O)CCC45CC35CCC12C)C(C)C. The van der Waals surface area contributed by atoms with Crippen molar-refractivity contribution in [3.8, 4) is 0 Å². The van der Waals surface area contributed by atoms with Crippen LogP contribution in [-0.4, -0.2) is 22.4 Å². The number of hydrogen-bond donors (Lipinski definition) is 2. The molecule has 0 aliphatic heterocycles. The van der Waals surface area contributed by atoms with Crippen LogP contribution in [0.25, 0.3) is 0 Å². The van der Waals surface area contributed by atoms with Crippen LogP contribution >= 0.6 is 0 Å². The molecular weight excluding hydrogens is 404 g/mol. The van der Waals surface area contributed by atoms with Crippen molar-refractivity contribution < 1.29 is 10.2 Å². The molecule has 10 atom stereocenters. The number of aliphatic hydroxyl groups excluding tert-OH is 2. The molecule has 0 saturated heterocycles. The van der Waals surface area contributed by atoms with Gasteiger partial charge in [-0.3, -0.25) is 0 Å². The van der Waals surface area contributed by atoms with Gasteiger partial charge in [-0.2, -0.15) is 0 Å². The molecule has 33 heavy (non-hydrogen) atoms. The Hall–Kier alpha value is -0.340. The molecule has 2 nitrogen and oxygen atoms in total. The van der Waals surface area contributed by atoms with Crippen molar-refractivity contribution in [3.05, 3.63) is 12.2 Å². The fourth-order valence-electron chi connectivity index (χ4n) is 11.3. The van der Waals surface area contributed by atoms with Gasteiger partial charge in [-0.05, 0) is 121 Å². The van der Waals surface area contributed by atoms with Crippen molar-refractivity contribution in [3.63, 3.8) is 0 Å². The molecule has 5 aliphatic rings. The fraction of sp³-hybridized carbons (Fsp3) is 0.935. The molecule has 10 unspecified atom stereocenters. The minimum atomic E-state index is -0.158. The van der Waals surface area contributed by atoms with Crippen LogP contribution < -0.4 is 0 Å². The Kier molecular flexibility index (Phi) is 5.42. The summed E-state index contributed by atoms with van der Waals surface area (Å²) in [7, 11) is 0. The minimum absolute atomic E-state index is 0.0550. The highest BCUT2D eigenvalue weighted by Gasteiger charge is 2.82. The molecule has 2 N–H and O–H groups in total. The second-order valence-electron chi connectivity index (χ2n) is 15.0. The van der Waals surface area contributed by atoms with Crippen molar-refractivity contribution in [2.24, 2.45) is 56.7 Å². The lowest BCUT2D eigenvalue weighted by molar-refractivity contribution is -0.161. The summed E-state index contributed by atoms with van der Waals surface area (Å²) in [6.07, 6.45) is 11.9. The highest BCUT2D eigenvalue weighted by molar-refractivity contribution is 5.31. The number of fused-ring (bicyclic) bond motifs is 2. The lowest BCUT2D eigenvalue weighted by Crippen LogP contribution is -2.57. The van der Waals surface area contributed by atoms with Crippen LogP contribution in [0.15, 0.2) is 12.2 Å². The summed E-state index contributed by atoms with van der Waals surface area (Å²) in [6.45, 7) is 21.1. The Bertz CT molecular complexity index is 814. The molecule has 188 valence electrons. The lowest BCUT2D eigenvalue weighted by atomic mass is 9.41. The molecule has 0 aromatic carbocycles. The first-order valence-electron chi connectivity index (χ1n) is 14.3. The number of allylic oxidation sites excluding steroid dienone is 1. The molecule has 2 heteroatoms. The van der Waals surface area contributed by atoms with Crippen molar-refractivity contribution >= 4 is 0 Å². The van der Waals surface area contributed by atoms with Gasteiger partial charge in [0.1, 0.15) is 0 Å². The van der Waals surface area contributed by atoms with E-state index in [-0.39, 0.29) is 28.5 Å². The van der Waals surface area contributed by atoms with Gasteiger partial charge in [0.25, 0.3) is 0 Å². The minimum Gasteiger partial charge on any atom is -0.393 e. The van der Waals surface area contributed by atoms with Crippen LogP contribution in [0.2, 0.25) is 0 Å². The molecule has 0 heterocycles. The summed E-state index contributed by atoms with van der Waals surface area (Å²) in [5.74, 6) is 2.95. The Labute approximate surface area is 204 Å². The monoisotopic (exact) mass is 456 g/mol. The van der Waals surface area contributed by atoms with Gasteiger partial charge in [-0.25, -0.2) is 0 Å². The van der Waals surface area contributed by atoms with E-state index in [1.807, 2.05) is 0 Å². The van der Waals surface area contributed by atoms with E-state index in [0.717, 1.165) is 31.6 Å². The van der Waals surface area contributed by atoms with Gasteiger partial charge in [0.15, 0.2) is 0 Å². The summed E-state index contributed by atoms with van der Waals surface area (Å²) in [6, 6.07) is 0. The second-order valence-corrected chi connectivity index (χ2v) is 15.0. The van der Waals surface area contributed by atoms with E-state index in [9.17, 15) is 10.2 Å². The molecular formula is C31H52O2. The van der Waals surface area contributed by atoms with Crippen molar-refractivity contribution in [1.29, 1.82) is 0 Å². The van der Waals surface area contributed by atoms with Crippen molar-refractivity contribution in [2.75, 3.05) is 0 Å². The molecule has 5 aliphatic carbocycles.